The van der Waals surface area contributed by atoms with E-state index in [-0.39, 0.29) is 6.04 Å². The highest BCUT2D eigenvalue weighted by molar-refractivity contribution is 7.09. The van der Waals surface area contributed by atoms with Gasteiger partial charge in [-0.15, -0.1) is 11.3 Å². The van der Waals surface area contributed by atoms with Crippen molar-refractivity contribution in [3.63, 3.8) is 0 Å². The molecule has 0 spiro atoms. The fraction of sp³-hybridized carbons (Fsp3) is 0.400. The number of benzene rings is 1. The van der Waals surface area contributed by atoms with Crippen LogP contribution in [0.4, 0.5) is 5.69 Å². The van der Waals surface area contributed by atoms with Crippen molar-refractivity contribution in [3.05, 3.63) is 40.3 Å². The highest BCUT2D eigenvalue weighted by Gasteiger charge is 2.10. The van der Waals surface area contributed by atoms with Crippen LogP contribution < -0.4 is 10.1 Å². The lowest BCUT2D eigenvalue weighted by Crippen LogP contribution is -2.06. The van der Waals surface area contributed by atoms with Gasteiger partial charge in [0.15, 0.2) is 0 Å². The number of ether oxygens (including phenoxy) is 1. The van der Waals surface area contributed by atoms with Crippen molar-refractivity contribution in [2.45, 2.75) is 33.2 Å². The van der Waals surface area contributed by atoms with Gasteiger partial charge < -0.3 is 10.1 Å². The van der Waals surface area contributed by atoms with Gasteiger partial charge in [0.2, 0.25) is 0 Å². The van der Waals surface area contributed by atoms with Crippen molar-refractivity contribution >= 4 is 17.0 Å². The van der Waals surface area contributed by atoms with E-state index in [2.05, 4.69) is 30.2 Å². The van der Waals surface area contributed by atoms with E-state index in [1.807, 2.05) is 30.6 Å². The standard InChI is InChI=1S/C15H20N2OS/c1-4-8-18-14-7-5-6-13(9-14)17-12(3)15-11(2)16-10-19-15/h5-7,9-10,12,17H,4,8H2,1-3H3. The normalized spacial score (nSPS) is 12.2. The maximum atomic E-state index is 5.64. The number of aromatic nitrogens is 1. The van der Waals surface area contributed by atoms with Gasteiger partial charge in [-0.2, -0.15) is 0 Å². The summed E-state index contributed by atoms with van der Waals surface area (Å²) in [6.45, 7) is 7.06. The summed E-state index contributed by atoms with van der Waals surface area (Å²) in [6, 6.07) is 8.37. The molecule has 1 N–H and O–H groups in total. The number of nitrogens with zero attached hydrogens (tertiary/aromatic N) is 1. The Labute approximate surface area is 118 Å². The topological polar surface area (TPSA) is 34.1 Å². The Morgan fingerprint density at radius 2 is 2.26 bits per heavy atom. The van der Waals surface area contributed by atoms with Crippen molar-refractivity contribution in [1.29, 1.82) is 0 Å². The summed E-state index contributed by atoms with van der Waals surface area (Å²) in [5.41, 5.74) is 4.07. The van der Waals surface area contributed by atoms with E-state index < -0.39 is 0 Å². The van der Waals surface area contributed by atoms with Gasteiger partial charge in [0.05, 0.1) is 23.9 Å². The van der Waals surface area contributed by atoms with Gasteiger partial charge in [-0.05, 0) is 32.4 Å². The van der Waals surface area contributed by atoms with Crippen LogP contribution in [0.2, 0.25) is 0 Å². The molecule has 0 aliphatic rings. The summed E-state index contributed by atoms with van der Waals surface area (Å²) >= 11 is 1.69. The minimum Gasteiger partial charge on any atom is -0.494 e. The first-order valence-electron chi connectivity index (χ1n) is 6.60. The van der Waals surface area contributed by atoms with Crippen LogP contribution in [0.3, 0.4) is 0 Å². The van der Waals surface area contributed by atoms with Gasteiger partial charge in [-0.25, -0.2) is 4.98 Å². The average molecular weight is 276 g/mol. The summed E-state index contributed by atoms with van der Waals surface area (Å²) in [5, 5.41) is 3.49. The van der Waals surface area contributed by atoms with Gasteiger partial charge in [0.25, 0.3) is 0 Å². The predicted octanol–water partition coefficient (Wildman–Crippen LogP) is 4.41. The molecular formula is C15H20N2OS. The molecule has 0 amide bonds. The smallest absolute Gasteiger partial charge is 0.121 e. The maximum Gasteiger partial charge on any atom is 0.121 e. The van der Waals surface area contributed by atoms with Crippen LogP contribution in [-0.2, 0) is 0 Å². The molecule has 1 aromatic carbocycles. The van der Waals surface area contributed by atoms with Crippen molar-refractivity contribution in [2.24, 2.45) is 0 Å². The van der Waals surface area contributed by atoms with Crippen LogP contribution in [-0.4, -0.2) is 11.6 Å². The zero-order chi connectivity index (χ0) is 13.7. The first kappa shape index (κ1) is 13.9. The molecule has 1 aromatic heterocycles. The summed E-state index contributed by atoms with van der Waals surface area (Å²) < 4.78 is 5.64. The summed E-state index contributed by atoms with van der Waals surface area (Å²) in [7, 11) is 0. The molecule has 0 saturated heterocycles. The zero-order valence-electron chi connectivity index (χ0n) is 11.6. The van der Waals surface area contributed by atoms with Crippen LogP contribution in [0.5, 0.6) is 5.75 Å². The first-order chi connectivity index (χ1) is 9.20. The highest BCUT2D eigenvalue weighted by Crippen LogP contribution is 2.26. The van der Waals surface area contributed by atoms with E-state index in [1.165, 1.54) is 4.88 Å². The molecule has 19 heavy (non-hydrogen) atoms. The molecule has 0 radical (unpaired) electrons. The Morgan fingerprint density at radius 1 is 1.42 bits per heavy atom. The molecule has 0 aliphatic heterocycles. The third-order valence-electron chi connectivity index (χ3n) is 2.87. The van der Waals surface area contributed by atoms with Gasteiger partial charge in [0, 0.05) is 16.6 Å². The second-order valence-corrected chi connectivity index (χ2v) is 5.43. The molecule has 1 unspecified atom stereocenters. The summed E-state index contributed by atoms with van der Waals surface area (Å²) in [5.74, 6) is 0.917. The summed E-state index contributed by atoms with van der Waals surface area (Å²) in [4.78, 5) is 5.57. The van der Waals surface area contributed by atoms with Gasteiger partial charge >= 0.3 is 0 Å². The Kier molecular flexibility index (Phi) is 4.80. The number of thiazole rings is 1. The van der Waals surface area contributed by atoms with E-state index in [1.54, 1.807) is 11.3 Å². The van der Waals surface area contributed by atoms with Crippen LogP contribution in [0, 0.1) is 6.92 Å². The molecule has 2 rings (SSSR count). The van der Waals surface area contributed by atoms with Crippen molar-refractivity contribution in [1.82, 2.24) is 4.98 Å². The van der Waals surface area contributed by atoms with Gasteiger partial charge in [0.1, 0.15) is 5.75 Å². The largest absolute Gasteiger partial charge is 0.494 e. The van der Waals surface area contributed by atoms with Crippen molar-refractivity contribution in [3.8, 4) is 5.75 Å². The number of rotatable bonds is 6. The first-order valence-corrected chi connectivity index (χ1v) is 7.48. The lowest BCUT2D eigenvalue weighted by atomic mass is 10.2. The van der Waals surface area contributed by atoms with Gasteiger partial charge in [-0.1, -0.05) is 13.0 Å². The lowest BCUT2D eigenvalue weighted by molar-refractivity contribution is 0.317. The number of hydrogen-bond acceptors (Lipinski definition) is 4. The van der Waals surface area contributed by atoms with Crippen LogP contribution >= 0.6 is 11.3 Å². The predicted molar refractivity (Wildman–Crippen MR) is 81.1 cm³/mol. The molecule has 1 heterocycles. The molecular weight excluding hydrogens is 256 g/mol. The van der Waals surface area contributed by atoms with Crippen LogP contribution in [0.15, 0.2) is 29.8 Å². The van der Waals surface area contributed by atoms with Gasteiger partial charge in [-0.3, -0.25) is 0 Å². The third kappa shape index (κ3) is 3.70. The average Bonchev–Trinajstić information content (AvgIpc) is 2.83. The fourth-order valence-corrected chi connectivity index (χ4v) is 2.75. The van der Waals surface area contributed by atoms with Crippen molar-refractivity contribution < 1.29 is 4.74 Å². The Morgan fingerprint density at radius 3 is 2.95 bits per heavy atom. The zero-order valence-corrected chi connectivity index (χ0v) is 12.5. The van der Waals surface area contributed by atoms with E-state index in [4.69, 9.17) is 4.74 Å². The third-order valence-corrected chi connectivity index (χ3v) is 3.98. The Bertz CT molecular complexity index is 524. The van der Waals surface area contributed by atoms with Crippen LogP contribution in [0.1, 0.15) is 36.9 Å². The fourth-order valence-electron chi connectivity index (χ4n) is 1.94. The quantitative estimate of drug-likeness (QED) is 0.848. The molecule has 0 bridgehead atoms. The minimum atomic E-state index is 0.258. The maximum absolute atomic E-state index is 5.64. The molecule has 0 fully saturated rings. The molecule has 4 heteroatoms. The molecule has 0 aliphatic carbocycles. The monoisotopic (exact) mass is 276 g/mol. The summed E-state index contributed by atoms with van der Waals surface area (Å²) in [6.07, 6.45) is 1.02. The Hall–Kier alpha value is -1.55. The van der Waals surface area contributed by atoms with E-state index >= 15 is 0 Å². The van der Waals surface area contributed by atoms with Crippen molar-refractivity contribution in [2.75, 3.05) is 11.9 Å². The Balaban J connectivity index is 2.04. The van der Waals surface area contributed by atoms with E-state index in [9.17, 15) is 0 Å². The molecule has 1 atom stereocenters. The molecule has 3 nitrogen and oxygen atoms in total. The number of nitrogens with one attached hydrogen (secondary N) is 1. The van der Waals surface area contributed by atoms with Crippen LogP contribution in [0.25, 0.3) is 0 Å². The number of anilines is 1. The number of hydrogen-bond donors (Lipinski definition) is 1. The number of aryl methyl sites for hydroxylation is 1. The molecule has 0 saturated carbocycles. The molecule has 102 valence electrons. The SMILES string of the molecule is CCCOc1cccc(NC(C)c2scnc2C)c1. The highest BCUT2D eigenvalue weighted by atomic mass is 32.1. The van der Waals surface area contributed by atoms with E-state index in [0.717, 1.165) is 30.2 Å². The lowest BCUT2D eigenvalue weighted by Gasteiger charge is -2.15. The second-order valence-electron chi connectivity index (χ2n) is 4.54. The minimum absolute atomic E-state index is 0.258. The second kappa shape index (κ2) is 6.57. The molecule has 2 aromatic rings. The van der Waals surface area contributed by atoms with E-state index in [0.29, 0.717) is 0 Å².